The first-order valence-corrected chi connectivity index (χ1v) is 3.35. The minimum Gasteiger partial charge on any atom is -0.235 e. The first-order chi connectivity index (χ1) is 5.27. The number of nitriles is 1. The Morgan fingerprint density at radius 1 is 1.64 bits per heavy atom. The van der Waals surface area contributed by atoms with E-state index in [2.05, 4.69) is 11.6 Å². The lowest BCUT2D eigenvalue weighted by Crippen LogP contribution is -1.84. The maximum absolute atomic E-state index is 8.48. The molecule has 54 valence electrons. The SMILES string of the molecule is C=Cc1ccc(C#N)c(Cl)n1. The van der Waals surface area contributed by atoms with Crippen molar-refractivity contribution in [3.05, 3.63) is 35.1 Å². The second-order valence-corrected chi connectivity index (χ2v) is 2.25. The normalized spacial score (nSPS) is 8.73. The Labute approximate surface area is 69.8 Å². The van der Waals surface area contributed by atoms with E-state index in [0.29, 0.717) is 11.3 Å². The highest BCUT2D eigenvalue weighted by molar-refractivity contribution is 6.30. The maximum Gasteiger partial charge on any atom is 0.147 e. The number of hydrogen-bond donors (Lipinski definition) is 0. The van der Waals surface area contributed by atoms with E-state index in [1.807, 2.05) is 6.07 Å². The fourth-order valence-electron chi connectivity index (χ4n) is 0.645. The van der Waals surface area contributed by atoms with Crippen molar-refractivity contribution in [2.75, 3.05) is 0 Å². The highest BCUT2D eigenvalue weighted by Crippen LogP contribution is 2.12. The van der Waals surface area contributed by atoms with E-state index in [0.717, 1.165) is 0 Å². The van der Waals surface area contributed by atoms with Gasteiger partial charge in [-0.1, -0.05) is 18.2 Å². The molecule has 0 bridgehead atoms. The monoisotopic (exact) mass is 164 g/mol. The van der Waals surface area contributed by atoms with Crippen molar-refractivity contribution in [3.63, 3.8) is 0 Å². The first-order valence-electron chi connectivity index (χ1n) is 2.97. The first kappa shape index (κ1) is 7.77. The Morgan fingerprint density at radius 2 is 2.36 bits per heavy atom. The zero-order valence-corrected chi connectivity index (χ0v) is 6.47. The number of aromatic nitrogens is 1. The van der Waals surface area contributed by atoms with Crippen LogP contribution in [-0.4, -0.2) is 4.98 Å². The van der Waals surface area contributed by atoms with Gasteiger partial charge in [-0.05, 0) is 18.2 Å². The third kappa shape index (κ3) is 1.57. The molecule has 0 fully saturated rings. The topological polar surface area (TPSA) is 36.7 Å². The van der Waals surface area contributed by atoms with Crippen LogP contribution >= 0.6 is 11.6 Å². The predicted molar refractivity (Wildman–Crippen MR) is 44.1 cm³/mol. The summed E-state index contributed by atoms with van der Waals surface area (Å²) in [4.78, 5) is 3.89. The van der Waals surface area contributed by atoms with Crippen LogP contribution in [0.5, 0.6) is 0 Å². The highest BCUT2D eigenvalue weighted by atomic mass is 35.5. The van der Waals surface area contributed by atoms with Crippen molar-refractivity contribution in [1.29, 1.82) is 5.26 Å². The summed E-state index contributed by atoms with van der Waals surface area (Å²) in [6, 6.07) is 5.23. The van der Waals surface area contributed by atoms with Gasteiger partial charge in [0.1, 0.15) is 11.2 Å². The van der Waals surface area contributed by atoms with Crippen molar-refractivity contribution in [3.8, 4) is 6.07 Å². The van der Waals surface area contributed by atoms with Crippen molar-refractivity contribution in [2.24, 2.45) is 0 Å². The quantitative estimate of drug-likeness (QED) is 0.597. The number of halogens is 1. The number of rotatable bonds is 1. The zero-order chi connectivity index (χ0) is 8.27. The van der Waals surface area contributed by atoms with Gasteiger partial charge in [-0.2, -0.15) is 5.26 Å². The maximum atomic E-state index is 8.48. The van der Waals surface area contributed by atoms with Gasteiger partial charge in [-0.3, -0.25) is 0 Å². The molecule has 0 aromatic carbocycles. The molecule has 1 aromatic heterocycles. The van der Waals surface area contributed by atoms with Crippen LogP contribution in [0.25, 0.3) is 6.08 Å². The van der Waals surface area contributed by atoms with Crippen molar-refractivity contribution in [1.82, 2.24) is 4.98 Å². The molecule has 0 saturated carbocycles. The Morgan fingerprint density at radius 3 is 2.82 bits per heavy atom. The van der Waals surface area contributed by atoms with Gasteiger partial charge in [0.05, 0.1) is 11.3 Å². The molecule has 1 heterocycles. The highest BCUT2D eigenvalue weighted by Gasteiger charge is 1.99. The van der Waals surface area contributed by atoms with Gasteiger partial charge in [0.2, 0.25) is 0 Å². The molecule has 0 saturated heterocycles. The Hall–Kier alpha value is -1.33. The third-order valence-electron chi connectivity index (χ3n) is 1.20. The zero-order valence-electron chi connectivity index (χ0n) is 5.71. The molecule has 0 unspecified atom stereocenters. The molecular weight excluding hydrogens is 160 g/mol. The van der Waals surface area contributed by atoms with Gasteiger partial charge in [0.25, 0.3) is 0 Å². The van der Waals surface area contributed by atoms with Crippen molar-refractivity contribution >= 4 is 17.7 Å². The molecule has 1 rings (SSSR count). The van der Waals surface area contributed by atoms with E-state index >= 15 is 0 Å². The molecule has 0 radical (unpaired) electrons. The summed E-state index contributed by atoms with van der Waals surface area (Å²) in [5, 5.41) is 8.71. The summed E-state index contributed by atoms with van der Waals surface area (Å²) in [5.74, 6) is 0. The lowest BCUT2D eigenvalue weighted by molar-refractivity contribution is 1.27. The van der Waals surface area contributed by atoms with Crippen LogP contribution in [-0.2, 0) is 0 Å². The summed E-state index contributed by atoms with van der Waals surface area (Å²) >= 11 is 5.63. The molecule has 1 aromatic rings. The molecule has 11 heavy (non-hydrogen) atoms. The van der Waals surface area contributed by atoms with Crippen LogP contribution in [0.2, 0.25) is 5.15 Å². The number of nitrogens with zero attached hydrogens (tertiary/aromatic N) is 2. The van der Waals surface area contributed by atoms with Crippen LogP contribution in [0.4, 0.5) is 0 Å². The van der Waals surface area contributed by atoms with Crippen LogP contribution < -0.4 is 0 Å². The van der Waals surface area contributed by atoms with Gasteiger partial charge in [0, 0.05) is 0 Å². The van der Waals surface area contributed by atoms with Crippen LogP contribution in [0.3, 0.4) is 0 Å². The lowest BCUT2D eigenvalue weighted by atomic mass is 10.3. The van der Waals surface area contributed by atoms with Gasteiger partial charge >= 0.3 is 0 Å². The van der Waals surface area contributed by atoms with Crippen molar-refractivity contribution < 1.29 is 0 Å². The minimum absolute atomic E-state index is 0.227. The minimum atomic E-state index is 0.227. The summed E-state index contributed by atoms with van der Waals surface area (Å²) in [6.45, 7) is 3.52. The molecule has 0 aliphatic carbocycles. The van der Waals surface area contributed by atoms with Crippen LogP contribution in [0, 0.1) is 11.3 Å². The molecule has 0 spiro atoms. The summed E-state index contributed by atoms with van der Waals surface area (Å²) in [7, 11) is 0. The number of pyridine rings is 1. The second-order valence-electron chi connectivity index (χ2n) is 1.89. The molecule has 0 N–H and O–H groups in total. The van der Waals surface area contributed by atoms with Gasteiger partial charge in [-0.15, -0.1) is 0 Å². The fraction of sp³-hybridized carbons (Fsp3) is 0. The number of hydrogen-bond acceptors (Lipinski definition) is 2. The third-order valence-corrected chi connectivity index (χ3v) is 1.49. The van der Waals surface area contributed by atoms with Gasteiger partial charge < -0.3 is 0 Å². The molecule has 2 nitrogen and oxygen atoms in total. The largest absolute Gasteiger partial charge is 0.235 e. The fourth-order valence-corrected chi connectivity index (χ4v) is 0.848. The smallest absolute Gasteiger partial charge is 0.147 e. The van der Waals surface area contributed by atoms with E-state index in [-0.39, 0.29) is 5.15 Å². The molecule has 0 aliphatic heterocycles. The van der Waals surface area contributed by atoms with E-state index in [1.54, 1.807) is 18.2 Å². The molecular formula is C8H5ClN2. The van der Waals surface area contributed by atoms with E-state index in [4.69, 9.17) is 16.9 Å². The van der Waals surface area contributed by atoms with Gasteiger partial charge in [-0.25, -0.2) is 4.98 Å². The molecule has 0 atom stereocenters. The van der Waals surface area contributed by atoms with E-state index < -0.39 is 0 Å². The predicted octanol–water partition coefficient (Wildman–Crippen LogP) is 2.25. The Balaban J connectivity index is 3.22. The van der Waals surface area contributed by atoms with Crippen LogP contribution in [0.15, 0.2) is 18.7 Å². The Kier molecular flexibility index (Phi) is 2.25. The van der Waals surface area contributed by atoms with Crippen molar-refractivity contribution in [2.45, 2.75) is 0 Å². The van der Waals surface area contributed by atoms with Gasteiger partial charge in [0.15, 0.2) is 0 Å². The van der Waals surface area contributed by atoms with Crippen LogP contribution in [0.1, 0.15) is 11.3 Å². The molecule has 0 aliphatic rings. The van der Waals surface area contributed by atoms with E-state index in [9.17, 15) is 0 Å². The summed E-state index contributed by atoms with van der Waals surface area (Å²) in [6.07, 6.45) is 1.58. The molecule has 3 heteroatoms. The average Bonchev–Trinajstić information content (AvgIpc) is 2.04. The average molecular weight is 165 g/mol. The Bertz CT molecular complexity index is 325. The standard InChI is InChI=1S/C8H5ClN2/c1-2-7-4-3-6(5-10)8(9)11-7/h2-4H,1H2. The lowest BCUT2D eigenvalue weighted by Gasteiger charge is -1.94. The summed E-state index contributed by atoms with van der Waals surface area (Å²) < 4.78 is 0. The molecule has 0 amide bonds. The van der Waals surface area contributed by atoms with E-state index in [1.165, 1.54) is 0 Å². The second kappa shape index (κ2) is 3.18. The summed E-state index contributed by atoms with van der Waals surface area (Å²) in [5.41, 5.74) is 1.06.